The lowest BCUT2D eigenvalue weighted by molar-refractivity contribution is -0.189. The fourth-order valence-electron chi connectivity index (χ4n) is 2.39. The van der Waals surface area contributed by atoms with Crippen molar-refractivity contribution in [2.45, 2.75) is 32.1 Å². The number of nitrogens with zero attached hydrogens (tertiary/aromatic N) is 2. The molecule has 1 fully saturated rings. The average Bonchev–Trinajstić information content (AvgIpc) is 2.79. The van der Waals surface area contributed by atoms with E-state index in [-0.39, 0.29) is 12.3 Å². The van der Waals surface area contributed by atoms with Crippen LogP contribution in [0.4, 0.5) is 0 Å². The zero-order chi connectivity index (χ0) is 14.7. The topological polar surface area (TPSA) is 55.6 Å². The number of carbonyl (C=O) groups is 1. The Hall–Kier alpha value is -1.59. The van der Waals surface area contributed by atoms with Gasteiger partial charge in [-0.2, -0.15) is 0 Å². The van der Waals surface area contributed by atoms with Crippen LogP contribution < -0.4 is 0 Å². The lowest BCUT2D eigenvalue weighted by Gasteiger charge is -2.23. The molecule has 5 nitrogen and oxygen atoms in total. The molecule has 2 aromatic rings. The van der Waals surface area contributed by atoms with Crippen LogP contribution in [0.25, 0.3) is 11.1 Å². The molecule has 0 saturated carbocycles. The molecule has 6 heteroatoms. The van der Waals surface area contributed by atoms with E-state index in [4.69, 9.17) is 20.9 Å². The summed E-state index contributed by atoms with van der Waals surface area (Å²) in [6.07, 6.45) is 4.36. The molecule has 0 N–H and O–H groups in total. The third kappa shape index (κ3) is 3.54. The summed E-state index contributed by atoms with van der Waals surface area (Å²) >= 11 is 5.91. The molecule has 0 spiro atoms. The second-order valence-corrected chi connectivity index (χ2v) is 5.58. The van der Waals surface area contributed by atoms with Crippen LogP contribution in [0.2, 0.25) is 5.02 Å². The van der Waals surface area contributed by atoms with Crippen molar-refractivity contribution in [3.63, 3.8) is 0 Å². The van der Waals surface area contributed by atoms with E-state index in [1.807, 2.05) is 0 Å². The number of rotatable bonds is 2. The van der Waals surface area contributed by atoms with Crippen molar-refractivity contribution in [3.05, 3.63) is 29.1 Å². The highest BCUT2D eigenvalue weighted by molar-refractivity contribution is 6.31. The van der Waals surface area contributed by atoms with Gasteiger partial charge in [0.2, 0.25) is 5.89 Å². The second kappa shape index (κ2) is 6.45. The van der Waals surface area contributed by atoms with E-state index in [1.54, 1.807) is 18.2 Å². The van der Waals surface area contributed by atoms with E-state index < -0.39 is 0 Å². The maximum atomic E-state index is 12.3. The zero-order valence-corrected chi connectivity index (χ0v) is 12.4. The fourth-order valence-corrected chi connectivity index (χ4v) is 2.55. The second-order valence-electron chi connectivity index (χ2n) is 5.14. The van der Waals surface area contributed by atoms with Gasteiger partial charge in [0.15, 0.2) is 5.58 Å². The van der Waals surface area contributed by atoms with Gasteiger partial charge in [-0.25, -0.2) is 10.0 Å². The molecule has 0 radical (unpaired) electrons. The standard InChI is InChI=1S/C15H17ClN2O3/c16-11-5-6-13-12(9-11)17-14(21-13)10-15(19)18-7-3-1-2-4-8-20-18/h5-6,9H,1-4,7-8,10H2. The maximum absolute atomic E-state index is 12.3. The normalized spacial score (nSPS) is 16.7. The van der Waals surface area contributed by atoms with Gasteiger partial charge >= 0.3 is 0 Å². The van der Waals surface area contributed by atoms with Crippen LogP contribution in [-0.2, 0) is 16.1 Å². The van der Waals surface area contributed by atoms with Crippen LogP contribution in [0.3, 0.4) is 0 Å². The van der Waals surface area contributed by atoms with Crippen molar-refractivity contribution in [1.82, 2.24) is 10.0 Å². The lowest BCUT2D eigenvalue weighted by Crippen LogP contribution is -2.34. The number of aromatic nitrogens is 1. The van der Waals surface area contributed by atoms with Gasteiger partial charge in [-0.3, -0.25) is 9.63 Å². The zero-order valence-electron chi connectivity index (χ0n) is 11.7. The third-order valence-corrected chi connectivity index (χ3v) is 3.71. The van der Waals surface area contributed by atoms with Crippen LogP contribution in [0, 0.1) is 0 Å². The van der Waals surface area contributed by atoms with Crippen molar-refractivity contribution in [3.8, 4) is 0 Å². The minimum absolute atomic E-state index is 0.103. The lowest BCUT2D eigenvalue weighted by atomic mass is 10.2. The molecule has 3 rings (SSSR count). The predicted octanol–water partition coefficient (Wildman–Crippen LogP) is 3.36. The first-order valence-corrected chi connectivity index (χ1v) is 7.58. The van der Waals surface area contributed by atoms with E-state index in [1.165, 1.54) is 5.06 Å². The third-order valence-electron chi connectivity index (χ3n) is 3.48. The average molecular weight is 309 g/mol. The number of oxazole rings is 1. The van der Waals surface area contributed by atoms with Gasteiger partial charge in [0.05, 0.1) is 6.61 Å². The SMILES string of the molecule is O=C(Cc1nc2cc(Cl)ccc2o1)N1CCCCCCO1. The number of hydrogen-bond donors (Lipinski definition) is 0. The molecule has 1 saturated heterocycles. The van der Waals surface area contributed by atoms with E-state index in [0.717, 1.165) is 25.7 Å². The molecular formula is C15H17ClN2O3. The smallest absolute Gasteiger partial charge is 0.255 e. The Morgan fingerprint density at radius 3 is 3.05 bits per heavy atom. The summed E-state index contributed by atoms with van der Waals surface area (Å²) in [5.74, 6) is 0.275. The number of halogens is 1. The van der Waals surface area contributed by atoms with Crippen molar-refractivity contribution < 1.29 is 14.0 Å². The minimum Gasteiger partial charge on any atom is -0.440 e. The van der Waals surface area contributed by atoms with Gasteiger partial charge in [-0.05, 0) is 31.0 Å². The number of carbonyl (C=O) groups excluding carboxylic acids is 1. The Bertz CT molecular complexity index is 633. The van der Waals surface area contributed by atoms with Gasteiger partial charge in [0.1, 0.15) is 11.9 Å². The van der Waals surface area contributed by atoms with Crippen molar-refractivity contribution in [2.24, 2.45) is 0 Å². The monoisotopic (exact) mass is 308 g/mol. The summed E-state index contributed by atoms with van der Waals surface area (Å²) in [5, 5.41) is 2.04. The molecule has 0 bridgehead atoms. The summed E-state index contributed by atoms with van der Waals surface area (Å²) in [5.41, 5.74) is 1.30. The highest BCUT2D eigenvalue weighted by Gasteiger charge is 2.19. The van der Waals surface area contributed by atoms with Gasteiger partial charge in [-0.1, -0.05) is 24.4 Å². The summed E-state index contributed by atoms with van der Waals surface area (Å²) in [7, 11) is 0. The molecule has 1 aromatic heterocycles. The number of benzene rings is 1. The van der Waals surface area contributed by atoms with E-state index >= 15 is 0 Å². The van der Waals surface area contributed by atoms with Gasteiger partial charge in [-0.15, -0.1) is 0 Å². The Morgan fingerprint density at radius 2 is 2.14 bits per heavy atom. The van der Waals surface area contributed by atoms with Crippen LogP contribution in [-0.4, -0.2) is 29.1 Å². The Morgan fingerprint density at radius 1 is 1.29 bits per heavy atom. The maximum Gasteiger partial charge on any atom is 0.255 e. The van der Waals surface area contributed by atoms with Gasteiger partial charge < -0.3 is 4.42 Å². The van der Waals surface area contributed by atoms with Crippen LogP contribution >= 0.6 is 11.6 Å². The Balaban J connectivity index is 1.69. The molecule has 0 aliphatic carbocycles. The summed E-state index contributed by atoms with van der Waals surface area (Å²) < 4.78 is 5.57. The van der Waals surface area contributed by atoms with Crippen molar-refractivity contribution in [2.75, 3.05) is 13.2 Å². The van der Waals surface area contributed by atoms with Crippen LogP contribution in [0.5, 0.6) is 0 Å². The summed E-state index contributed by atoms with van der Waals surface area (Å²) in [4.78, 5) is 22.1. The minimum atomic E-state index is -0.116. The fraction of sp³-hybridized carbons (Fsp3) is 0.467. The molecule has 1 aliphatic heterocycles. The molecular weight excluding hydrogens is 292 g/mol. The molecule has 21 heavy (non-hydrogen) atoms. The van der Waals surface area contributed by atoms with E-state index in [0.29, 0.717) is 35.2 Å². The molecule has 2 heterocycles. The Labute approximate surface area is 127 Å². The first-order valence-electron chi connectivity index (χ1n) is 7.20. The van der Waals surface area contributed by atoms with E-state index in [9.17, 15) is 4.79 Å². The largest absolute Gasteiger partial charge is 0.440 e. The van der Waals surface area contributed by atoms with Gasteiger partial charge in [0.25, 0.3) is 5.91 Å². The van der Waals surface area contributed by atoms with Crippen molar-refractivity contribution >= 4 is 28.6 Å². The van der Waals surface area contributed by atoms with E-state index in [2.05, 4.69) is 4.98 Å². The van der Waals surface area contributed by atoms with Crippen LogP contribution in [0.1, 0.15) is 31.6 Å². The molecule has 1 aromatic carbocycles. The quantitative estimate of drug-likeness (QED) is 0.853. The number of hydroxylamine groups is 2. The number of fused-ring (bicyclic) bond motifs is 1. The molecule has 1 amide bonds. The van der Waals surface area contributed by atoms with Crippen LogP contribution in [0.15, 0.2) is 22.6 Å². The molecule has 0 atom stereocenters. The Kier molecular flexibility index (Phi) is 4.41. The summed E-state index contributed by atoms with van der Waals surface area (Å²) in [6.45, 7) is 1.22. The number of amides is 1. The predicted molar refractivity (Wildman–Crippen MR) is 78.9 cm³/mol. The summed E-state index contributed by atoms with van der Waals surface area (Å²) in [6, 6.07) is 5.22. The highest BCUT2D eigenvalue weighted by Crippen LogP contribution is 2.20. The molecule has 1 aliphatic rings. The van der Waals surface area contributed by atoms with Crippen molar-refractivity contribution in [1.29, 1.82) is 0 Å². The number of hydrogen-bond acceptors (Lipinski definition) is 4. The van der Waals surface area contributed by atoms with Gasteiger partial charge in [0, 0.05) is 11.6 Å². The highest BCUT2D eigenvalue weighted by atomic mass is 35.5. The molecule has 0 unspecified atom stereocenters. The first kappa shape index (κ1) is 14.4. The molecule has 112 valence electrons. The first-order chi connectivity index (χ1) is 10.2.